The van der Waals surface area contributed by atoms with Crippen LogP contribution in [0.5, 0.6) is 0 Å². The van der Waals surface area contributed by atoms with Gasteiger partial charge in [-0.25, -0.2) is 0 Å². The van der Waals surface area contributed by atoms with E-state index in [-0.39, 0.29) is 34.5 Å². The zero-order valence-corrected chi connectivity index (χ0v) is 17.4. The van der Waals surface area contributed by atoms with Gasteiger partial charge in [-0.3, -0.25) is 4.79 Å². The van der Waals surface area contributed by atoms with Crippen LogP contribution in [0.25, 0.3) is 0 Å². The molecule has 2 aromatic rings. The summed E-state index contributed by atoms with van der Waals surface area (Å²) in [7, 11) is -3.99. The first-order valence-corrected chi connectivity index (χ1v) is 11.3. The minimum absolute atomic E-state index is 0.0263. The van der Waals surface area contributed by atoms with Crippen molar-refractivity contribution >= 4 is 39.0 Å². The molecule has 4 rings (SSSR count). The maximum atomic E-state index is 13.2. The number of amidine groups is 1. The molecule has 1 aromatic carbocycles. The minimum Gasteiger partial charge on any atom is -0.509 e. The van der Waals surface area contributed by atoms with Crippen molar-refractivity contribution in [1.82, 2.24) is 14.5 Å². The number of nitrogens with zero attached hydrogens (tertiary/aromatic N) is 4. The molecule has 11 heteroatoms. The molecule has 2 aliphatic heterocycles. The van der Waals surface area contributed by atoms with E-state index in [0.29, 0.717) is 17.8 Å². The van der Waals surface area contributed by atoms with Gasteiger partial charge in [-0.15, -0.1) is 9.50 Å². The van der Waals surface area contributed by atoms with Crippen LogP contribution in [0, 0.1) is 5.92 Å². The van der Waals surface area contributed by atoms with Crippen LogP contribution in [-0.4, -0.2) is 45.8 Å². The summed E-state index contributed by atoms with van der Waals surface area (Å²) in [5.41, 5.74) is 0.785. The molecule has 1 aromatic heterocycles. The summed E-state index contributed by atoms with van der Waals surface area (Å²) in [6, 6.07) is 5.70. The van der Waals surface area contributed by atoms with Gasteiger partial charge in [-0.2, -0.15) is 8.42 Å². The maximum Gasteiger partial charge on any atom is 0.286 e. The van der Waals surface area contributed by atoms with Crippen molar-refractivity contribution in [1.29, 1.82) is 0 Å². The van der Waals surface area contributed by atoms with Crippen molar-refractivity contribution in [2.45, 2.75) is 37.8 Å². The van der Waals surface area contributed by atoms with Crippen LogP contribution in [0.4, 0.5) is 5.69 Å². The number of aromatic nitrogens is 2. The summed E-state index contributed by atoms with van der Waals surface area (Å²) in [6.45, 7) is 4.13. The molecule has 29 heavy (non-hydrogen) atoms. The van der Waals surface area contributed by atoms with Gasteiger partial charge in [0.15, 0.2) is 5.84 Å². The van der Waals surface area contributed by atoms with Gasteiger partial charge in [-0.1, -0.05) is 30.5 Å². The smallest absolute Gasteiger partial charge is 0.286 e. The van der Waals surface area contributed by atoms with Gasteiger partial charge < -0.3 is 15.3 Å². The van der Waals surface area contributed by atoms with E-state index in [9.17, 15) is 18.3 Å². The van der Waals surface area contributed by atoms with Crippen LogP contribution < -0.4 is 5.32 Å². The summed E-state index contributed by atoms with van der Waals surface area (Å²) in [6.07, 6.45) is 0.509. The molecule has 1 unspecified atom stereocenters. The highest BCUT2D eigenvalue weighted by Gasteiger charge is 2.43. The molecule has 2 aliphatic rings. The Labute approximate surface area is 172 Å². The number of amides is 1. The first-order valence-electron chi connectivity index (χ1n) is 8.99. The lowest BCUT2D eigenvalue weighted by atomic mass is 10.0. The van der Waals surface area contributed by atoms with E-state index in [1.54, 1.807) is 23.6 Å². The van der Waals surface area contributed by atoms with E-state index >= 15 is 0 Å². The Kier molecular flexibility index (Phi) is 4.87. The van der Waals surface area contributed by atoms with E-state index in [2.05, 4.69) is 19.3 Å². The Morgan fingerprint density at radius 1 is 1.31 bits per heavy atom. The SMILES string of the molecule is CC(C)CC1C(O)=C(C2=NS(=O)(=O)c3ccccc3N2)C(=O)N1Cc1csnn1. The predicted octanol–water partition coefficient (Wildman–Crippen LogP) is 2.32. The summed E-state index contributed by atoms with van der Waals surface area (Å²) in [4.78, 5) is 14.7. The maximum absolute atomic E-state index is 13.2. The molecule has 0 spiro atoms. The molecule has 0 fully saturated rings. The Bertz CT molecular complexity index is 1120. The van der Waals surface area contributed by atoms with Crippen LogP contribution in [-0.2, 0) is 21.4 Å². The van der Waals surface area contributed by atoms with Gasteiger partial charge in [0.1, 0.15) is 16.2 Å². The van der Waals surface area contributed by atoms with Crippen molar-refractivity contribution in [3.05, 3.63) is 46.7 Å². The normalized spacial score (nSPS) is 20.7. The number of hydrogen-bond donors (Lipinski definition) is 2. The molecule has 1 amide bonds. The zero-order chi connectivity index (χ0) is 20.8. The fourth-order valence-electron chi connectivity index (χ4n) is 3.45. The van der Waals surface area contributed by atoms with Crippen LogP contribution in [0.2, 0.25) is 0 Å². The molecule has 0 aliphatic carbocycles. The average molecular weight is 434 g/mol. The van der Waals surface area contributed by atoms with Gasteiger partial charge >= 0.3 is 0 Å². The van der Waals surface area contributed by atoms with Crippen molar-refractivity contribution in [3.8, 4) is 0 Å². The number of hydrogen-bond acceptors (Lipinski definition) is 8. The van der Waals surface area contributed by atoms with E-state index in [0.717, 1.165) is 0 Å². The summed E-state index contributed by atoms with van der Waals surface area (Å²) in [5.74, 6) is -0.662. The van der Waals surface area contributed by atoms with Crippen molar-refractivity contribution in [3.63, 3.8) is 0 Å². The molecule has 0 radical (unpaired) electrons. The highest BCUT2D eigenvalue weighted by molar-refractivity contribution is 7.90. The van der Waals surface area contributed by atoms with Crippen molar-refractivity contribution in [2.75, 3.05) is 5.32 Å². The van der Waals surface area contributed by atoms with Gasteiger partial charge in [0, 0.05) is 5.38 Å². The fraction of sp³-hybridized carbons (Fsp3) is 0.333. The molecule has 0 bridgehead atoms. The minimum atomic E-state index is -3.99. The van der Waals surface area contributed by atoms with Gasteiger partial charge in [0.25, 0.3) is 15.9 Å². The quantitative estimate of drug-likeness (QED) is 0.741. The number of rotatable bonds is 5. The Morgan fingerprint density at radius 2 is 2.07 bits per heavy atom. The highest BCUT2D eigenvalue weighted by atomic mass is 32.2. The summed E-state index contributed by atoms with van der Waals surface area (Å²) in [5, 5.41) is 19.5. The number of sulfonamides is 1. The molecule has 1 atom stereocenters. The second-order valence-electron chi connectivity index (χ2n) is 7.27. The first kappa shape index (κ1) is 19.5. The standard InChI is InChI=1S/C18H19N5O4S2/c1-10(2)7-13-16(24)15(18(25)23(13)8-11-9-28-22-20-11)17-19-12-5-3-4-6-14(12)29(26,27)21-17/h3-6,9-10,13,24H,7-8H2,1-2H3,(H,19,21). The number of fused-ring (bicyclic) bond motifs is 1. The third-order valence-corrected chi connectivity index (χ3v) is 6.61. The molecule has 152 valence electrons. The number of carbonyl (C=O) groups excluding carboxylic acids is 1. The van der Waals surface area contributed by atoms with Crippen molar-refractivity contribution in [2.24, 2.45) is 10.3 Å². The number of aliphatic hydroxyl groups excluding tert-OH is 1. The lowest BCUT2D eigenvalue weighted by Gasteiger charge is -2.25. The molecular weight excluding hydrogens is 414 g/mol. The number of aliphatic hydroxyl groups is 1. The zero-order valence-electron chi connectivity index (χ0n) is 15.7. The third-order valence-electron chi connectivity index (χ3n) is 4.72. The number of nitrogens with one attached hydrogen (secondary N) is 1. The lowest BCUT2D eigenvalue weighted by molar-refractivity contribution is -0.127. The van der Waals surface area contributed by atoms with Crippen LogP contribution in [0.15, 0.2) is 50.3 Å². The molecule has 3 heterocycles. The first-order chi connectivity index (χ1) is 13.8. The fourth-order valence-corrected chi connectivity index (χ4v) is 5.01. The van der Waals surface area contributed by atoms with E-state index in [1.165, 1.54) is 22.5 Å². The van der Waals surface area contributed by atoms with Crippen molar-refractivity contribution < 1.29 is 18.3 Å². The molecule has 9 nitrogen and oxygen atoms in total. The Hall–Kier alpha value is -2.79. The number of carbonyl (C=O) groups is 1. The number of para-hydroxylation sites is 1. The topological polar surface area (TPSA) is 125 Å². The summed E-state index contributed by atoms with van der Waals surface area (Å²) >= 11 is 1.17. The largest absolute Gasteiger partial charge is 0.509 e. The van der Waals surface area contributed by atoms with Crippen LogP contribution in [0.3, 0.4) is 0 Å². The molecule has 0 saturated carbocycles. The van der Waals surface area contributed by atoms with Gasteiger partial charge in [0.2, 0.25) is 0 Å². The molecule has 2 N–H and O–H groups in total. The lowest BCUT2D eigenvalue weighted by Crippen LogP contribution is -2.37. The van der Waals surface area contributed by atoms with Gasteiger partial charge in [-0.05, 0) is 36.0 Å². The number of anilines is 1. The number of benzene rings is 1. The Balaban J connectivity index is 1.75. The van der Waals surface area contributed by atoms with E-state index in [1.807, 2.05) is 13.8 Å². The Morgan fingerprint density at radius 3 is 2.76 bits per heavy atom. The van der Waals surface area contributed by atoms with Crippen LogP contribution in [0.1, 0.15) is 26.0 Å². The molecule has 0 saturated heterocycles. The second-order valence-corrected chi connectivity index (χ2v) is 9.45. The summed E-state index contributed by atoms with van der Waals surface area (Å²) < 4.78 is 32.7. The van der Waals surface area contributed by atoms with E-state index < -0.39 is 22.0 Å². The second kappa shape index (κ2) is 7.23. The molecular formula is C18H19N5O4S2. The van der Waals surface area contributed by atoms with Crippen LogP contribution >= 0.6 is 11.5 Å². The third kappa shape index (κ3) is 3.51. The predicted molar refractivity (Wildman–Crippen MR) is 108 cm³/mol. The highest BCUT2D eigenvalue weighted by Crippen LogP contribution is 2.34. The van der Waals surface area contributed by atoms with Gasteiger partial charge in [0.05, 0.1) is 24.0 Å². The monoisotopic (exact) mass is 433 g/mol. The average Bonchev–Trinajstić information content (AvgIpc) is 3.24. The van der Waals surface area contributed by atoms with E-state index in [4.69, 9.17) is 0 Å².